The monoisotopic (exact) mass is 314 g/mol. The van der Waals surface area contributed by atoms with E-state index >= 15 is 0 Å². The number of anilines is 1. The van der Waals surface area contributed by atoms with Gasteiger partial charge in [0.25, 0.3) is 5.69 Å². The van der Waals surface area contributed by atoms with Gasteiger partial charge in [-0.05, 0) is 42.0 Å². The van der Waals surface area contributed by atoms with Gasteiger partial charge in [0.1, 0.15) is 12.6 Å². The summed E-state index contributed by atoms with van der Waals surface area (Å²) in [6.07, 6.45) is -0.0827. The number of nitrogens with zero attached hydrogens (tertiary/aromatic N) is 2. The van der Waals surface area contributed by atoms with Crippen LogP contribution >= 0.6 is 0 Å². The Morgan fingerprint density at radius 2 is 1.70 bits per heavy atom. The first-order valence-corrected chi connectivity index (χ1v) is 7.55. The van der Waals surface area contributed by atoms with Gasteiger partial charge in [0.05, 0.1) is 4.92 Å². The predicted octanol–water partition coefficient (Wildman–Crippen LogP) is 1.99. The number of non-ortho nitro benzene ring substituents is 1. The van der Waals surface area contributed by atoms with Crippen molar-refractivity contribution >= 4 is 11.4 Å². The van der Waals surface area contributed by atoms with E-state index in [4.69, 9.17) is 4.74 Å². The molecule has 6 nitrogen and oxygen atoms in total. The summed E-state index contributed by atoms with van der Waals surface area (Å²) in [6, 6.07) is 14.9. The Bertz CT molecular complexity index is 683. The Balaban J connectivity index is 1.69. The third kappa shape index (κ3) is 3.33. The summed E-state index contributed by atoms with van der Waals surface area (Å²) in [5.74, 6) is 0. The fourth-order valence-corrected chi connectivity index (χ4v) is 2.74. The van der Waals surface area contributed by atoms with Crippen LogP contribution in [-0.4, -0.2) is 25.6 Å². The van der Waals surface area contributed by atoms with E-state index in [0.29, 0.717) is 0 Å². The van der Waals surface area contributed by atoms with E-state index in [0.717, 1.165) is 23.4 Å². The van der Waals surface area contributed by atoms with Crippen LogP contribution in [0, 0.1) is 10.1 Å². The first-order chi connectivity index (χ1) is 11.0. The van der Waals surface area contributed by atoms with Crippen molar-refractivity contribution < 1.29 is 15.0 Å². The predicted molar refractivity (Wildman–Crippen MR) is 87.2 cm³/mol. The molecule has 0 aromatic heterocycles. The number of rotatable bonds is 4. The van der Waals surface area contributed by atoms with Gasteiger partial charge in [-0.25, -0.2) is 0 Å². The quantitative estimate of drug-likeness (QED) is 0.692. The molecule has 1 fully saturated rings. The van der Waals surface area contributed by atoms with E-state index in [9.17, 15) is 10.1 Å². The lowest BCUT2D eigenvalue weighted by Crippen LogP contribution is -2.82. The molecule has 2 atom stereocenters. The van der Waals surface area contributed by atoms with E-state index in [2.05, 4.69) is 34.5 Å². The second-order valence-corrected chi connectivity index (χ2v) is 5.85. The molecule has 1 heterocycles. The Kier molecular flexibility index (Phi) is 4.27. The van der Waals surface area contributed by atoms with Gasteiger partial charge in [-0.15, -0.1) is 0 Å². The standard InChI is InChI=1S/C17H19N3O3/c1-19(2)14-7-5-13(6-8-14)17-18-11-16(23-17)12-3-9-15(10-4-12)20(21)22/h3-10,16-18H,11H2,1-2H3/p+1/t16-,17-/m1/s1. The molecule has 1 aliphatic heterocycles. The van der Waals surface area contributed by atoms with Crippen LogP contribution in [0.25, 0.3) is 0 Å². The molecule has 2 aromatic carbocycles. The molecule has 0 saturated carbocycles. The Hall–Kier alpha value is -2.44. The van der Waals surface area contributed by atoms with Crippen molar-refractivity contribution in [1.82, 2.24) is 0 Å². The molecule has 120 valence electrons. The maximum absolute atomic E-state index is 10.7. The lowest BCUT2D eigenvalue weighted by atomic mass is 10.1. The molecular weight excluding hydrogens is 294 g/mol. The Labute approximate surface area is 134 Å². The van der Waals surface area contributed by atoms with E-state index < -0.39 is 0 Å². The van der Waals surface area contributed by atoms with Crippen LogP contribution in [0.1, 0.15) is 23.5 Å². The van der Waals surface area contributed by atoms with Gasteiger partial charge >= 0.3 is 0 Å². The summed E-state index contributed by atoms with van der Waals surface area (Å²) in [4.78, 5) is 12.4. The van der Waals surface area contributed by atoms with Crippen LogP contribution in [0.5, 0.6) is 0 Å². The Morgan fingerprint density at radius 3 is 2.26 bits per heavy atom. The number of hydrogen-bond donors (Lipinski definition) is 1. The van der Waals surface area contributed by atoms with Crippen molar-refractivity contribution in [1.29, 1.82) is 0 Å². The highest BCUT2D eigenvalue weighted by Crippen LogP contribution is 2.28. The van der Waals surface area contributed by atoms with Gasteiger partial charge in [-0.3, -0.25) is 10.1 Å². The normalized spacial score (nSPS) is 20.4. The van der Waals surface area contributed by atoms with Crippen molar-refractivity contribution in [2.75, 3.05) is 25.5 Å². The van der Waals surface area contributed by atoms with Crippen LogP contribution in [0.4, 0.5) is 11.4 Å². The van der Waals surface area contributed by atoms with Crippen LogP contribution in [-0.2, 0) is 4.74 Å². The van der Waals surface area contributed by atoms with Gasteiger partial charge in [0.15, 0.2) is 0 Å². The summed E-state index contributed by atoms with van der Waals surface area (Å²) in [5, 5.41) is 12.9. The largest absolute Gasteiger partial charge is 0.378 e. The highest BCUT2D eigenvalue weighted by atomic mass is 16.6. The number of hydrogen-bond acceptors (Lipinski definition) is 4. The first-order valence-electron chi connectivity index (χ1n) is 7.55. The second kappa shape index (κ2) is 6.36. The molecule has 6 heteroatoms. The van der Waals surface area contributed by atoms with Crippen LogP contribution < -0.4 is 10.2 Å². The summed E-state index contributed by atoms with van der Waals surface area (Å²) in [7, 11) is 4.02. The third-order valence-corrected chi connectivity index (χ3v) is 4.09. The lowest BCUT2D eigenvalue weighted by Gasteiger charge is -2.14. The molecule has 2 aromatic rings. The zero-order valence-electron chi connectivity index (χ0n) is 13.2. The molecule has 1 saturated heterocycles. The molecule has 0 bridgehead atoms. The maximum atomic E-state index is 10.7. The van der Waals surface area contributed by atoms with Crippen molar-refractivity contribution in [3.8, 4) is 0 Å². The number of ether oxygens (including phenoxy) is 1. The minimum Gasteiger partial charge on any atom is -0.378 e. The molecule has 3 rings (SSSR count). The fourth-order valence-electron chi connectivity index (χ4n) is 2.74. The zero-order valence-corrected chi connectivity index (χ0v) is 13.2. The molecule has 1 aliphatic rings. The smallest absolute Gasteiger partial charge is 0.269 e. The van der Waals surface area contributed by atoms with E-state index in [-0.39, 0.29) is 22.9 Å². The van der Waals surface area contributed by atoms with Crippen LogP contribution in [0.3, 0.4) is 0 Å². The van der Waals surface area contributed by atoms with Gasteiger partial charge < -0.3 is 15.0 Å². The van der Waals surface area contributed by atoms with Crippen LogP contribution in [0.15, 0.2) is 48.5 Å². The SMILES string of the molecule is CN(C)c1ccc([C@@H]2[NH2+]C[C@H](c3ccc([N+](=O)[O-])cc3)O2)cc1. The van der Waals surface area contributed by atoms with E-state index in [1.54, 1.807) is 12.1 Å². The zero-order chi connectivity index (χ0) is 16.4. The van der Waals surface area contributed by atoms with Crippen molar-refractivity contribution in [3.63, 3.8) is 0 Å². The molecule has 23 heavy (non-hydrogen) atoms. The topological polar surface area (TPSA) is 72.2 Å². The minimum absolute atomic E-state index is 0.0357. The van der Waals surface area contributed by atoms with Gasteiger partial charge in [0.2, 0.25) is 6.23 Å². The molecule has 0 unspecified atom stereocenters. The first kappa shape index (κ1) is 15.5. The van der Waals surface area contributed by atoms with Gasteiger partial charge in [0, 0.05) is 37.5 Å². The number of nitro groups is 1. The molecule has 2 N–H and O–H groups in total. The van der Waals surface area contributed by atoms with E-state index in [1.165, 1.54) is 12.1 Å². The second-order valence-electron chi connectivity index (χ2n) is 5.85. The minimum atomic E-state index is -0.388. The summed E-state index contributed by atoms with van der Waals surface area (Å²) in [6.45, 7) is 0.803. The number of quaternary nitrogens is 1. The third-order valence-electron chi connectivity index (χ3n) is 4.09. The highest BCUT2D eigenvalue weighted by Gasteiger charge is 2.31. The van der Waals surface area contributed by atoms with E-state index in [1.807, 2.05) is 14.1 Å². The molecule has 0 spiro atoms. The number of nitro benzene ring substituents is 1. The molecule has 0 aliphatic carbocycles. The summed E-state index contributed by atoms with van der Waals surface area (Å²) < 4.78 is 6.10. The number of benzene rings is 2. The lowest BCUT2D eigenvalue weighted by molar-refractivity contribution is -0.698. The summed E-state index contributed by atoms with van der Waals surface area (Å²) >= 11 is 0. The van der Waals surface area contributed by atoms with Crippen LogP contribution in [0.2, 0.25) is 0 Å². The molecule has 0 radical (unpaired) electrons. The average Bonchev–Trinajstić information content (AvgIpc) is 3.05. The van der Waals surface area contributed by atoms with Gasteiger partial charge in [-0.1, -0.05) is 0 Å². The van der Waals surface area contributed by atoms with Crippen molar-refractivity contribution in [2.24, 2.45) is 0 Å². The van der Waals surface area contributed by atoms with Gasteiger partial charge in [-0.2, -0.15) is 0 Å². The van der Waals surface area contributed by atoms with Crippen molar-refractivity contribution in [2.45, 2.75) is 12.3 Å². The average molecular weight is 314 g/mol. The fraction of sp³-hybridized carbons (Fsp3) is 0.294. The number of nitrogens with two attached hydrogens (primary N) is 1. The molecule has 0 amide bonds. The summed E-state index contributed by atoms with van der Waals surface area (Å²) in [5.41, 5.74) is 3.35. The van der Waals surface area contributed by atoms with Crippen molar-refractivity contribution in [3.05, 3.63) is 69.8 Å². The highest BCUT2D eigenvalue weighted by molar-refractivity contribution is 5.46. The Morgan fingerprint density at radius 1 is 1.09 bits per heavy atom. The maximum Gasteiger partial charge on any atom is 0.269 e. The molecular formula is C17H20N3O3+.